The van der Waals surface area contributed by atoms with Crippen molar-refractivity contribution in [2.24, 2.45) is 35.5 Å². The summed E-state index contributed by atoms with van der Waals surface area (Å²) in [4.78, 5) is 12.9. The van der Waals surface area contributed by atoms with E-state index in [1.807, 2.05) is 0 Å². The maximum absolute atomic E-state index is 12.9. The van der Waals surface area contributed by atoms with Gasteiger partial charge in [0.1, 0.15) is 5.78 Å². The van der Waals surface area contributed by atoms with Gasteiger partial charge in [0, 0.05) is 11.8 Å². The highest BCUT2D eigenvalue weighted by atomic mass is 16.1. The summed E-state index contributed by atoms with van der Waals surface area (Å²) < 4.78 is 0. The standard InChI is InChI=1S/C16H25NO/c18-16(12-1-3-17-4-2-12)15-13-6-10-5-11(8-13)9-14(15)7-10/h10-15,17H,1-9H2. The van der Waals surface area contributed by atoms with Crippen molar-refractivity contribution < 1.29 is 4.79 Å². The van der Waals surface area contributed by atoms with E-state index in [0.717, 1.165) is 49.6 Å². The van der Waals surface area contributed by atoms with E-state index in [0.29, 0.717) is 17.6 Å². The van der Waals surface area contributed by atoms with Gasteiger partial charge in [0.15, 0.2) is 0 Å². The summed E-state index contributed by atoms with van der Waals surface area (Å²) in [7, 11) is 0. The Kier molecular flexibility index (Phi) is 2.76. The van der Waals surface area contributed by atoms with Gasteiger partial charge in [-0.05, 0) is 81.7 Å². The zero-order chi connectivity index (χ0) is 12.1. The van der Waals surface area contributed by atoms with Crippen LogP contribution in [0.5, 0.6) is 0 Å². The fourth-order valence-electron chi connectivity index (χ4n) is 5.77. The van der Waals surface area contributed by atoms with Crippen LogP contribution in [0.15, 0.2) is 0 Å². The normalized spacial score (nSPS) is 47.4. The van der Waals surface area contributed by atoms with Crippen molar-refractivity contribution in [3.8, 4) is 0 Å². The third kappa shape index (κ3) is 1.76. The third-order valence-corrected chi connectivity index (χ3v) is 6.30. The highest BCUT2D eigenvalue weighted by molar-refractivity contribution is 5.84. The van der Waals surface area contributed by atoms with E-state index >= 15 is 0 Å². The summed E-state index contributed by atoms with van der Waals surface area (Å²) in [5, 5.41) is 3.38. The van der Waals surface area contributed by atoms with Gasteiger partial charge in [-0.25, -0.2) is 0 Å². The fourth-order valence-corrected chi connectivity index (χ4v) is 5.77. The summed E-state index contributed by atoms with van der Waals surface area (Å²) in [5.41, 5.74) is 0. The first-order valence-corrected chi connectivity index (χ1v) is 8.05. The molecule has 4 aliphatic carbocycles. The van der Waals surface area contributed by atoms with Crippen molar-refractivity contribution in [3.63, 3.8) is 0 Å². The number of ketones is 1. The molecule has 100 valence electrons. The lowest BCUT2D eigenvalue weighted by molar-refractivity contribution is -0.140. The van der Waals surface area contributed by atoms with E-state index in [2.05, 4.69) is 5.32 Å². The topological polar surface area (TPSA) is 29.1 Å². The predicted octanol–water partition coefficient (Wildman–Crippen LogP) is 2.63. The van der Waals surface area contributed by atoms with Crippen LogP contribution in [0.1, 0.15) is 44.9 Å². The summed E-state index contributed by atoms with van der Waals surface area (Å²) in [6.45, 7) is 2.12. The second kappa shape index (κ2) is 4.33. The van der Waals surface area contributed by atoms with Crippen molar-refractivity contribution in [2.45, 2.75) is 44.9 Å². The minimum absolute atomic E-state index is 0.397. The highest BCUT2D eigenvalue weighted by Crippen LogP contribution is 2.57. The van der Waals surface area contributed by atoms with Gasteiger partial charge in [-0.1, -0.05) is 0 Å². The molecule has 0 aromatic rings. The van der Waals surface area contributed by atoms with Gasteiger partial charge >= 0.3 is 0 Å². The van der Waals surface area contributed by atoms with E-state index in [1.54, 1.807) is 0 Å². The fraction of sp³-hybridized carbons (Fsp3) is 0.938. The Morgan fingerprint density at radius 3 is 1.94 bits per heavy atom. The second-order valence-electron chi connectivity index (χ2n) is 7.38. The number of rotatable bonds is 2. The van der Waals surface area contributed by atoms with Crippen LogP contribution in [0.25, 0.3) is 0 Å². The molecule has 1 heterocycles. The zero-order valence-corrected chi connectivity index (χ0v) is 11.2. The zero-order valence-electron chi connectivity index (χ0n) is 11.2. The van der Waals surface area contributed by atoms with Crippen molar-refractivity contribution in [1.29, 1.82) is 0 Å². The lowest BCUT2D eigenvalue weighted by Gasteiger charge is -2.54. The van der Waals surface area contributed by atoms with Crippen LogP contribution >= 0.6 is 0 Å². The minimum atomic E-state index is 0.397. The van der Waals surface area contributed by atoms with Crippen LogP contribution in [0.4, 0.5) is 0 Å². The molecule has 0 atom stereocenters. The van der Waals surface area contributed by atoms with Crippen LogP contribution in [0.2, 0.25) is 0 Å². The maximum Gasteiger partial charge on any atom is 0.139 e. The quantitative estimate of drug-likeness (QED) is 0.812. The Hall–Kier alpha value is -0.370. The summed E-state index contributed by atoms with van der Waals surface area (Å²) in [5.74, 6) is 5.08. The van der Waals surface area contributed by atoms with Crippen molar-refractivity contribution in [2.75, 3.05) is 13.1 Å². The van der Waals surface area contributed by atoms with E-state index < -0.39 is 0 Å². The summed E-state index contributed by atoms with van der Waals surface area (Å²) >= 11 is 0. The Morgan fingerprint density at radius 2 is 1.39 bits per heavy atom. The lowest BCUT2D eigenvalue weighted by Crippen LogP contribution is -2.50. The van der Waals surface area contributed by atoms with Gasteiger partial charge in [-0.3, -0.25) is 4.79 Å². The molecule has 5 aliphatic rings. The Bertz CT molecular complexity index is 317. The molecule has 5 rings (SSSR count). The van der Waals surface area contributed by atoms with Gasteiger partial charge in [-0.15, -0.1) is 0 Å². The largest absolute Gasteiger partial charge is 0.317 e. The molecule has 1 aliphatic heterocycles. The molecule has 4 bridgehead atoms. The summed E-state index contributed by atoms with van der Waals surface area (Å²) in [6.07, 6.45) is 9.22. The van der Waals surface area contributed by atoms with Crippen molar-refractivity contribution in [1.82, 2.24) is 5.32 Å². The third-order valence-electron chi connectivity index (χ3n) is 6.30. The Balaban J connectivity index is 1.52. The first kappa shape index (κ1) is 11.5. The SMILES string of the molecule is O=C(C1CCNCC1)C1C2CC3CC(C2)CC1C3. The Labute approximate surface area is 110 Å². The average Bonchev–Trinajstić information content (AvgIpc) is 2.38. The number of carbonyl (C=O) groups excluding carboxylic acids is 1. The molecule has 0 aromatic carbocycles. The van der Waals surface area contributed by atoms with Gasteiger partial charge in [-0.2, -0.15) is 0 Å². The molecule has 4 saturated carbocycles. The molecule has 0 spiro atoms. The molecule has 0 radical (unpaired) electrons. The maximum atomic E-state index is 12.9. The molecular weight excluding hydrogens is 222 g/mol. The van der Waals surface area contributed by atoms with Gasteiger partial charge in [0.2, 0.25) is 0 Å². The van der Waals surface area contributed by atoms with Crippen LogP contribution in [-0.4, -0.2) is 18.9 Å². The van der Waals surface area contributed by atoms with E-state index in [-0.39, 0.29) is 0 Å². The van der Waals surface area contributed by atoms with Crippen LogP contribution in [0, 0.1) is 35.5 Å². The van der Waals surface area contributed by atoms with E-state index in [9.17, 15) is 4.79 Å². The predicted molar refractivity (Wildman–Crippen MR) is 71.1 cm³/mol. The molecule has 1 saturated heterocycles. The van der Waals surface area contributed by atoms with Gasteiger partial charge in [0.25, 0.3) is 0 Å². The summed E-state index contributed by atoms with van der Waals surface area (Å²) in [6, 6.07) is 0. The van der Waals surface area contributed by atoms with Gasteiger partial charge in [0.05, 0.1) is 0 Å². The van der Waals surface area contributed by atoms with E-state index in [4.69, 9.17) is 0 Å². The number of Topliss-reactive ketones (excluding diaryl/α,β-unsaturated/α-hetero) is 1. The first-order valence-electron chi connectivity index (χ1n) is 8.05. The van der Waals surface area contributed by atoms with Crippen molar-refractivity contribution >= 4 is 5.78 Å². The first-order chi connectivity index (χ1) is 8.81. The van der Waals surface area contributed by atoms with Crippen LogP contribution < -0.4 is 5.32 Å². The second-order valence-corrected chi connectivity index (χ2v) is 7.38. The molecule has 2 heteroatoms. The number of nitrogens with one attached hydrogen (secondary N) is 1. The average molecular weight is 247 g/mol. The number of hydrogen-bond acceptors (Lipinski definition) is 2. The number of piperidine rings is 1. The monoisotopic (exact) mass is 247 g/mol. The lowest BCUT2D eigenvalue weighted by atomic mass is 9.50. The molecule has 1 N–H and O–H groups in total. The van der Waals surface area contributed by atoms with Gasteiger partial charge < -0.3 is 5.32 Å². The molecule has 0 aromatic heterocycles. The number of hydrogen-bond donors (Lipinski definition) is 1. The van der Waals surface area contributed by atoms with Crippen LogP contribution in [-0.2, 0) is 4.79 Å². The van der Waals surface area contributed by atoms with Crippen LogP contribution in [0.3, 0.4) is 0 Å². The Morgan fingerprint density at radius 1 is 0.833 bits per heavy atom. The van der Waals surface area contributed by atoms with Crippen molar-refractivity contribution in [3.05, 3.63) is 0 Å². The highest BCUT2D eigenvalue weighted by Gasteiger charge is 2.51. The molecule has 5 fully saturated rings. The molecule has 2 nitrogen and oxygen atoms in total. The minimum Gasteiger partial charge on any atom is -0.317 e. The smallest absolute Gasteiger partial charge is 0.139 e. The molecule has 18 heavy (non-hydrogen) atoms. The van der Waals surface area contributed by atoms with E-state index in [1.165, 1.54) is 32.1 Å². The number of carbonyl (C=O) groups is 1. The molecule has 0 unspecified atom stereocenters. The molecule has 0 amide bonds. The molecular formula is C16H25NO.